The third-order valence-electron chi connectivity index (χ3n) is 8.24. The zero-order chi connectivity index (χ0) is 28.3. The molecule has 2 aromatic rings. The molecule has 0 unspecified atom stereocenters. The molecule has 0 radical (unpaired) electrons. The Morgan fingerprint density at radius 2 is 1.77 bits per heavy atom. The highest BCUT2D eigenvalue weighted by Crippen LogP contribution is 2.42. The maximum atomic E-state index is 13.8. The van der Waals surface area contributed by atoms with Gasteiger partial charge in [0.1, 0.15) is 5.52 Å². The van der Waals surface area contributed by atoms with E-state index in [4.69, 9.17) is 9.40 Å². The quantitative estimate of drug-likeness (QED) is 0.487. The Kier molecular flexibility index (Phi) is 6.71. The van der Waals surface area contributed by atoms with Crippen LogP contribution in [-0.4, -0.2) is 70.0 Å². The van der Waals surface area contributed by atoms with E-state index in [2.05, 4.69) is 25.8 Å². The molecule has 39 heavy (non-hydrogen) atoms. The molecule has 1 saturated carbocycles. The predicted octanol–water partition coefficient (Wildman–Crippen LogP) is 5.88. The molecule has 9 heteroatoms. The zero-order valence-electron chi connectivity index (χ0n) is 23.7. The van der Waals surface area contributed by atoms with Gasteiger partial charge in [0.25, 0.3) is 11.8 Å². The molecule has 0 N–H and O–H groups in total. The van der Waals surface area contributed by atoms with Gasteiger partial charge in [-0.2, -0.15) is 0 Å². The van der Waals surface area contributed by atoms with E-state index >= 15 is 0 Å². The molecule has 0 aromatic carbocycles. The van der Waals surface area contributed by atoms with Crippen molar-refractivity contribution < 1.29 is 22.8 Å². The van der Waals surface area contributed by atoms with Gasteiger partial charge in [-0.05, 0) is 51.2 Å². The maximum absolute atomic E-state index is 13.8. The van der Waals surface area contributed by atoms with Gasteiger partial charge in [0.15, 0.2) is 11.3 Å². The van der Waals surface area contributed by atoms with E-state index in [0.717, 1.165) is 17.0 Å². The van der Waals surface area contributed by atoms with E-state index in [-0.39, 0.29) is 41.7 Å². The van der Waals surface area contributed by atoms with E-state index in [1.165, 1.54) is 0 Å². The standard InChI is InChI=1S/C30H38F2N4O3/c1-18-13-20(16-33-18)26(37)35-11-12-36(29(5,6)17-35)27(38)24-15-23-25(39-24)21(28(2,3)4)14-22(34-23)19-7-9-30(31,32)10-8-19/h13-15,19H,7-12,16-17H2,1-6H3. The van der Waals surface area contributed by atoms with Gasteiger partial charge in [-0.25, -0.2) is 13.8 Å². The Morgan fingerprint density at radius 1 is 1.08 bits per heavy atom. The van der Waals surface area contributed by atoms with Crippen molar-refractivity contribution >= 4 is 28.6 Å². The monoisotopic (exact) mass is 540 g/mol. The molecule has 0 bridgehead atoms. The van der Waals surface area contributed by atoms with Gasteiger partial charge in [0.2, 0.25) is 5.92 Å². The van der Waals surface area contributed by atoms with Crippen molar-refractivity contribution in [2.45, 2.75) is 90.0 Å². The molecule has 7 nitrogen and oxygen atoms in total. The highest BCUT2D eigenvalue weighted by Gasteiger charge is 2.41. The van der Waals surface area contributed by atoms with Crippen LogP contribution in [0.3, 0.4) is 0 Å². The van der Waals surface area contributed by atoms with Gasteiger partial charge in [-0.1, -0.05) is 20.8 Å². The van der Waals surface area contributed by atoms with Crippen LogP contribution in [0.5, 0.6) is 0 Å². The van der Waals surface area contributed by atoms with Crippen LogP contribution >= 0.6 is 0 Å². The van der Waals surface area contributed by atoms with Crippen LogP contribution in [0.2, 0.25) is 0 Å². The number of hydrogen-bond acceptors (Lipinski definition) is 5. The first-order chi connectivity index (χ1) is 18.1. The van der Waals surface area contributed by atoms with Crippen LogP contribution in [0, 0.1) is 0 Å². The molecule has 2 aromatic heterocycles. The van der Waals surface area contributed by atoms with Gasteiger partial charge in [0, 0.05) is 67.0 Å². The lowest BCUT2D eigenvalue weighted by atomic mass is 9.81. The smallest absolute Gasteiger partial charge is 0.290 e. The SMILES string of the molecule is CC1=NCC(C(=O)N2CCN(C(=O)c3cc4nc(C5CCC(F)(F)CC5)cc(C(C)(C)C)c4o3)C(C)(C)C2)=C1. The summed E-state index contributed by atoms with van der Waals surface area (Å²) in [4.78, 5) is 39.5. The minimum atomic E-state index is -2.61. The second-order valence-corrected chi connectivity index (χ2v) is 12.9. The van der Waals surface area contributed by atoms with Crippen molar-refractivity contribution in [3.63, 3.8) is 0 Å². The summed E-state index contributed by atoms with van der Waals surface area (Å²) >= 11 is 0. The molecular weight excluding hydrogens is 502 g/mol. The number of nitrogens with zero attached hydrogens (tertiary/aromatic N) is 4. The molecule has 3 aliphatic rings. The normalized spacial score (nSPS) is 21.7. The first kappa shape index (κ1) is 27.5. The third kappa shape index (κ3) is 5.37. The maximum Gasteiger partial charge on any atom is 0.290 e. The highest BCUT2D eigenvalue weighted by atomic mass is 19.3. The molecule has 0 atom stereocenters. The fraction of sp³-hybridized carbons (Fsp3) is 0.600. The molecule has 4 heterocycles. The number of furan rings is 1. The van der Waals surface area contributed by atoms with E-state index < -0.39 is 11.5 Å². The van der Waals surface area contributed by atoms with Crippen LogP contribution in [0.1, 0.15) is 95.0 Å². The van der Waals surface area contributed by atoms with Crippen molar-refractivity contribution in [1.82, 2.24) is 14.8 Å². The summed E-state index contributed by atoms with van der Waals surface area (Å²) in [5.41, 5.74) is 3.46. The van der Waals surface area contributed by atoms with E-state index in [1.807, 2.05) is 32.9 Å². The summed E-state index contributed by atoms with van der Waals surface area (Å²) in [5, 5.41) is 0. The molecule has 1 aliphatic carbocycles. The van der Waals surface area contributed by atoms with Crippen molar-refractivity contribution in [2.24, 2.45) is 4.99 Å². The molecule has 210 valence electrons. The second kappa shape index (κ2) is 9.52. The number of aromatic nitrogens is 1. The number of carbonyl (C=O) groups excluding carboxylic acids is 2. The summed E-state index contributed by atoms with van der Waals surface area (Å²) in [6.07, 6.45) is 2.33. The average Bonchev–Trinajstić information content (AvgIpc) is 3.47. The number of aliphatic imine (C=N–C) groups is 1. The van der Waals surface area contributed by atoms with Gasteiger partial charge >= 0.3 is 0 Å². The number of fused-ring (bicyclic) bond motifs is 1. The number of pyridine rings is 1. The lowest BCUT2D eigenvalue weighted by molar-refractivity contribution is -0.131. The topological polar surface area (TPSA) is 79.0 Å². The number of carbonyl (C=O) groups is 2. The van der Waals surface area contributed by atoms with Crippen LogP contribution in [0.4, 0.5) is 8.78 Å². The van der Waals surface area contributed by atoms with E-state index in [9.17, 15) is 18.4 Å². The van der Waals surface area contributed by atoms with Crippen LogP contribution in [0.15, 0.2) is 33.2 Å². The number of amides is 2. The van der Waals surface area contributed by atoms with Crippen molar-refractivity contribution in [3.8, 4) is 0 Å². The fourth-order valence-electron chi connectivity index (χ4n) is 5.97. The summed E-state index contributed by atoms with van der Waals surface area (Å²) in [7, 11) is 0. The molecule has 0 spiro atoms. The second-order valence-electron chi connectivity index (χ2n) is 12.9. The summed E-state index contributed by atoms with van der Waals surface area (Å²) in [5.74, 6) is -2.73. The first-order valence-electron chi connectivity index (χ1n) is 13.8. The first-order valence-corrected chi connectivity index (χ1v) is 13.8. The van der Waals surface area contributed by atoms with Gasteiger partial charge < -0.3 is 14.2 Å². The minimum Gasteiger partial charge on any atom is -0.449 e. The Bertz CT molecular complexity index is 1370. The zero-order valence-corrected chi connectivity index (χ0v) is 23.7. The van der Waals surface area contributed by atoms with E-state index in [0.29, 0.717) is 55.7 Å². The third-order valence-corrected chi connectivity index (χ3v) is 8.24. The van der Waals surface area contributed by atoms with Crippen molar-refractivity contribution in [1.29, 1.82) is 0 Å². The van der Waals surface area contributed by atoms with Gasteiger partial charge in [-0.15, -0.1) is 0 Å². The van der Waals surface area contributed by atoms with Crippen LogP contribution < -0.4 is 0 Å². The fourth-order valence-corrected chi connectivity index (χ4v) is 5.97. The average molecular weight is 541 g/mol. The number of halogens is 2. The summed E-state index contributed by atoms with van der Waals surface area (Å²) in [6.45, 7) is 13.6. The number of hydrogen-bond donors (Lipinski definition) is 0. The van der Waals surface area contributed by atoms with Crippen molar-refractivity contribution in [2.75, 3.05) is 26.2 Å². The molecular formula is C30H38F2N4O3. The Hall–Kier alpha value is -3.10. The predicted molar refractivity (Wildman–Crippen MR) is 147 cm³/mol. The summed E-state index contributed by atoms with van der Waals surface area (Å²) < 4.78 is 33.8. The Balaban J connectivity index is 1.40. The Labute approximate surface area is 228 Å². The Morgan fingerprint density at radius 3 is 2.36 bits per heavy atom. The van der Waals surface area contributed by atoms with Crippen molar-refractivity contribution in [3.05, 3.63) is 40.8 Å². The van der Waals surface area contributed by atoms with Gasteiger partial charge in [-0.3, -0.25) is 14.6 Å². The highest BCUT2D eigenvalue weighted by molar-refractivity contribution is 6.06. The number of piperazine rings is 1. The van der Waals surface area contributed by atoms with Crippen LogP contribution in [-0.2, 0) is 10.2 Å². The molecule has 5 rings (SSSR count). The molecule has 2 fully saturated rings. The number of alkyl halides is 2. The largest absolute Gasteiger partial charge is 0.449 e. The molecule has 1 saturated heterocycles. The van der Waals surface area contributed by atoms with E-state index in [1.54, 1.807) is 15.9 Å². The lowest BCUT2D eigenvalue weighted by Crippen LogP contribution is -2.62. The van der Waals surface area contributed by atoms with Gasteiger partial charge in [0.05, 0.1) is 12.1 Å². The minimum absolute atomic E-state index is 0.0356. The molecule has 2 amide bonds. The molecule has 2 aliphatic heterocycles. The van der Waals surface area contributed by atoms with Crippen LogP contribution in [0.25, 0.3) is 11.1 Å². The number of rotatable bonds is 3. The number of allylic oxidation sites excluding steroid dienone is 1. The summed E-state index contributed by atoms with van der Waals surface area (Å²) in [6, 6.07) is 3.66. The lowest BCUT2D eigenvalue weighted by Gasteiger charge is -2.46.